The van der Waals surface area contributed by atoms with Gasteiger partial charge < -0.3 is 15.0 Å². The standard InChI is InChI=1S/C31H51N7O6S/c1-4-6-7-8-9-10-11-12-13-14-23-44-24-15-22-32-31(39)37(35-30-21-20-29(25-33-30)38(40)41)28-18-16-27(17-19-28)36(5-2)26-34-45(3,42)43/h16-21,25,34H,4-15,22-24,26H2,1-3H3,(H,32,39)(H,33,35). The lowest BCUT2D eigenvalue weighted by Crippen LogP contribution is -2.44. The highest BCUT2D eigenvalue weighted by atomic mass is 32.2. The topological polar surface area (TPSA) is 159 Å². The molecule has 14 heteroatoms. The summed E-state index contributed by atoms with van der Waals surface area (Å²) >= 11 is 0. The first-order chi connectivity index (χ1) is 21.6. The Hall–Kier alpha value is -3.49. The van der Waals surface area contributed by atoms with Crippen LogP contribution in [-0.2, 0) is 14.8 Å². The third kappa shape index (κ3) is 15.9. The number of aromatic nitrogens is 1. The molecule has 252 valence electrons. The van der Waals surface area contributed by atoms with E-state index in [9.17, 15) is 23.3 Å². The number of unbranched alkanes of at least 4 members (excludes halogenated alkanes) is 9. The van der Waals surface area contributed by atoms with Crippen LogP contribution < -0.4 is 25.4 Å². The summed E-state index contributed by atoms with van der Waals surface area (Å²) in [5, 5.41) is 15.2. The summed E-state index contributed by atoms with van der Waals surface area (Å²) in [6, 6.07) is 9.25. The maximum Gasteiger partial charge on any atom is 0.340 e. The van der Waals surface area contributed by atoms with Gasteiger partial charge in [0, 0.05) is 38.1 Å². The molecule has 3 N–H and O–H groups in total. The summed E-state index contributed by atoms with van der Waals surface area (Å²) in [5.41, 5.74) is 4.00. The maximum absolute atomic E-state index is 13.2. The van der Waals surface area contributed by atoms with E-state index in [2.05, 4.69) is 27.4 Å². The van der Waals surface area contributed by atoms with E-state index in [0.29, 0.717) is 38.4 Å². The predicted octanol–water partition coefficient (Wildman–Crippen LogP) is 6.19. The number of nitrogens with one attached hydrogen (secondary N) is 3. The summed E-state index contributed by atoms with van der Waals surface area (Å²) in [7, 11) is -3.36. The van der Waals surface area contributed by atoms with Crippen LogP contribution >= 0.6 is 0 Å². The number of ether oxygens (including phenoxy) is 1. The molecule has 0 spiro atoms. The fraction of sp³-hybridized carbons (Fsp3) is 0.613. The Kier molecular flexibility index (Phi) is 17.8. The van der Waals surface area contributed by atoms with Crippen molar-refractivity contribution in [3.8, 4) is 0 Å². The van der Waals surface area contributed by atoms with E-state index in [0.717, 1.165) is 24.6 Å². The van der Waals surface area contributed by atoms with Crippen LogP contribution in [0.3, 0.4) is 0 Å². The Morgan fingerprint density at radius 2 is 1.49 bits per heavy atom. The quantitative estimate of drug-likeness (QED) is 0.0521. The molecule has 1 heterocycles. The van der Waals surface area contributed by atoms with Gasteiger partial charge in [-0.2, -0.15) is 4.72 Å². The van der Waals surface area contributed by atoms with Gasteiger partial charge in [0.15, 0.2) is 0 Å². The third-order valence-corrected chi connectivity index (χ3v) is 7.80. The molecular formula is C31H51N7O6S. The second-order valence-corrected chi connectivity index (χ2v) is 12.8. The van der Waals surface area contributed by atoms with Crippen LogP contribution in [0, 0.1) is 10.1 Å². The zero-order chi connectivity index (χ0) is 32.9. The van der Waals surface area contributed by atoms with Gasteiger partial charge in [0.25, 0.3) is 5.69 Å². The molecule has 0 fully saturated rings. The van der Waals surface area contributed by atoms with Crippen molar-refractivity contribution < 1.29 is 22.9 Å². The van der Waals surface area contributed by atoms with Crippen LogP contribution in [0.1, 0.15) is 84.5 Å². The number of rotatable bonds is 24. The lowest BCUT2D eigenvalue weighted by molar-refractivity contribution is -0.385. The van der Waals surface area contributed by atoms with Gasteiger partial charge in [-0.1, -0.05) is 64.7 Å². The number of sulfonamides is 1. The number of urea groups is 1. The van der Waals surface area contributed by atoms with Gasteiger partial charge in [0.05, 0.1) is 23.5 Å². The van der Waals surface area contributed by atoms with Crippen LogP contribution in [0.2, 0.25) is 0 Å². The number of anilines is 3. The van der Waals surface area contributed by atoms with Crippen LogP contribution in [0.4, 0.5) is 27.7 Å². The zero-order valence-electron chi connectivity index (χ0n) is 27.0. The Bertz CT molecular complexity index is 1230. The number of hydrogen-bond donors (Lipinski definition) is 3. The van der Waals surface area contributed by atoms with Crippen LogP contribution in [0.15, 0.2) is 42.6 Å². The minimum atomic E-state index is -3.36. The number of hydrazine groups is 1. The number of amides is 2. The summed E-state index contributed by atoms with van der Waals surface area (Å²) in [4.78, 5) is 29.6. The van der Waals surface area contributed by atoms with Crippen molar-refractivity contribution in [2.24, 2.45) is 0 Å². The van der Waals surface area contributed by atoms with E-state index in [-0.39, 0.29) is 18.2 Å². The Labute approximate surface area is 268 Å². The fourth-order valence-corrected chi connectivity index (χ4v) is 4.93. The Balaban J connectivity index is 1.86. The first-order valence-corrected chi connectivity index (χ1v) is 17.9. The van der Waals surface area contributed by atoms with Gasteiger partial charge in [-0.05, 0) is 50.1 Å². The second kappa shape index (κ2) is 21.3. The summed E-state index contributed by atoms with van der Waals surface area (Å²) < 4.78 is 31.3. The van der Waals surface area contributed by atoms with E-state index in [4.69, 9.17) is 4.74 Å². The van der Waals surface area contributed by atoms with Gasteiger partial charge in [0.1, 0.15) is 12.0 Å². The summed E-state index contributed by atoms with van der Waals surface area (Å²) in [5.74, 6) is 0.243. The number of benzene rings is 1. The monoisotopic (exact) mass is 649 g/mol. The number of nitrogens with zero attached hydrogens (tertiary/aromatic N) is 4. The highest BCUT2D eigenvalue weighted by molar-refractivity contribution is 7.88. The summed E-state index contributed by atoms with van der Waals surface area (Å²) in [6.07, 6.45) is 15.6. The number of nitro groups is 1. The number of hydrogen-bond acceptors (Lipinski definition) is 9. The molecule has 0 aliphatic carbocycles. The van der Waals surface area contributed by atoms with E-state index >= 15 is 0 Å². The molecule has 0 aliphatic rings. The molecule has 0 aliphatic heterocycles. The molecule has 1 aromatic carbocycles. The van der Waals surface area contributed by atoms with E-state index in [1.807, 2.05) is 11.8 Å². The number of carbonyl (C=O) groups is 1. The first-order valence-electron chi connectivity index (χ1n) is 16.0. The average Bonchev–Trinajstić information content (AvgIpc) is 3.02. The molecule has 0 radical (unpaired) electrons. The van der Waals surface area contributed by atoms with Crippen molar-refractivity contribution >= 4 is 38.9 Å². The van der Waals surface area contributed by atoms with Gasteiger partial charge >= 0.3 is 6.03 Å². The van der Waals surface area contributed by atoms with Crippen molar-refractivity contribution in [2.75, 3.05) is 54.6 Å². The molecule has 2 amide bonds. The molecule has 13 nitrogen and oxygen atoms in total. The number of carbonyl (C=O) groups excluding carboxylic acids is 1. The zero-order valence-corrected chi connectivity index (χ0v) is 27.8. The van der Waals surface area contributed by atoms with E-state index in [1.165, 1.54) is 74.9 Å². The second-order valence-electron chi connectivity index (χ2n) is 10.9. The average molecular weight is 650 g/mol. The smallest absolute Gasteiger partial charge is 0.340 e. The normalized spacial score (nSPS) is 11.3. The van der Waals surface area contributed by atoms with Crippen molar-refractivity contribution in [2.45, 2.75) is 84.5 Å². The van der Waals surface area contributed by atoms with Gasteiger partial charge in [0.2, 0.25) is 10.0 Å². The van der Waals surface area contributed by atoms with Crippen molar-refractivity contribution in [1.29, 1.82) is 0 Å². The molecule has 0 saturated carbocycles. The fourth-order valence-electron chi connectivity index (χ4n) is 4.54. The third-order valence-electron chi connectivity index (χ3n) is 7.14. The SMILES string of the molecule is CCCCCCCCCCCCOCCCNC(=O)N(Nc1ccc([N+](=O)[O-])cn1)c1ccc(N(CC)CNS(C)(=O)=O)cc1. The van der Waals surface area contributed by atoms with E-state index in [1.54, 1.807) is 24.3 Å². The van der Waals surface area contributed by atoms with Crippen LogP contribution in [-0.4, -0.2) is 63.6 Å². The molecule has 2 rings (SSSR count). The highest BCUT2D eigenvalue weighted by Crippen LogP contribution is 2.22. The first kappa shape index (κ1) is 37.7. The molecule has 2 aromatic rings. The van der Waals surface area contributed by atoms with Crippen LogP contribution in [0.5, 0.6) is 0 Å². The molecule has 1 aromatic heterocycles. The minimum absolute atomic E-state index is 0.102. The lowest BCUT2D eigenvalue weighted by Gasteiger charge is -2.26. The Morgan fingerprint density at radius 1 is 0.889 bits per heavy atom. The van der Waals surface area contributed by atoms with Crippen molar-refractivity contribution in [3.63, 3.8) is 0 Å². The van der Waals surface area contributed by atoms with Crippen molar-refractivity contribution in [1.82, 2.24) is 15.0 Å². The predicted molar refractivity (Wildman–Crippen MR) is 180 cm³/mol. The number of pyridine rings is 1. The minimum Gasteiger partial charge on any atom is -0.381 e. The lowest BCUT2D eigenvalue weighted by atomic mass is 10.1. The molecule has 45 heavy (non-hydrogen) atoms. The molecule has 0 bridgehead atoms. The molecule has 0 saturated heterocycles. The summed E-state index contributed by atoms with van der Waals surface area (Å²) in [6.45, 7) is 6.44. The molecule has 0 atom stereocenters. The maximum atomic E-state index is 13.2. The largest absolute Gasteiger partial charge is 0.381 e. The van der Waals surface area contributed by atoms with Gasteiger partial charge in [-0.3, -0.25) is 15.5 Å². The van der Waals surface area contributed by atoms with Crippen LogP contribution in [0.25, 0.3) is 0 Å². The van der Waals surface area contributed by atoms with Gasteiger partial charge in [-0.15, -0.1) is 0 Å². The molecular weight excluding hydrogens is 598 g/mol. The highest BCUT2D eigenvalue weighted by Gasteiger charge is 2.18. The Morgan fingerprint density at radius 3 is 2.04 bits per heavy atom. The van der Waals surface area contributed by atoms with E-state index < -0.39 is 21.0 Å². The van der Waals surface area contributed by atoms with Gasteiger partial charge in [-0.25, -0.2) is 23.2 Å². The molecule has 0 unspecified atom stereocenters. The van der Waals surface area contributed by atoms with Crippen molar-refractivity contribution in [3.05, 3.63) is 52.7 Å².